The number of hydrogen-bond donors (Lipinski definition) is 4. The number of aliphatic hydroxyl groups is 2. The Morgan fingerprint density at radius 3 is 0.686 bits per heavy atom. The molecule has 688 valence electrons. The lowest BCUT2D eigenvalue weighted by molar-refractivity contribution is -0.161. The van der Waals surface area contributed by atoms with Crippen molar-refractivity contribution in [1.29, 1.82) is 0 Å². The van der Waals surface area contributed by atoms with Gasteiger partial charge in [-0.1, -0.05) is 401 Å². The van der Waals surface area contributed by atoms with E-state index in [9.17, 15) is 43.5 Å². The molecule has 4 N–H and O–H groups in total. The molecule has 5 unspecified atom stereocenters. The first-order chi connectivity index (χ1) is 59.2. The Hall–Kier alpha value is -5.87. The van der Waals surface area contributed by atoms with Crippen LogP contribution in [0.1, 0.15) is 367 Å². The number of carbonyl (C=O) groups is 3. The molecule has 5 atom stereocenters. The summed E-state index contributed by atoms with van der Waals surface area (Å²) in [6.45, 7) is 2.27. The first-order valence-electron chi connectivity index (χ1n) is 47.4. The van der Waals surface area contributed by atoms with Crippen LogP contribution < -0.4 is 0 Å². The number of rotatable bonds is 88. The molecule has 121 heavy (non-hydrogen) atoms. The standard InChI is InChI=1S/C103H170O16P2/c1-4-7-10-13-16-19-22-25-28-31-34-36-38-40-42-44-46-47-48-49-51-53-54-56-58-60-63-65-68-71-74-77-80-83-86-89-101(106)113-92-98(104)93-115-120(109,110)116-94-99(105)95-117-121(111,112)118-97-100(119-103(108)91-88-85-82-79-76-73-70-67-62-33-30-27-24-21-18-15-12-9-6-3)96-114-102(107)90-87-84-81-78-75-72-69-66-64-61-59-57-55-52-50-45-43-41-39-37-35-32-29-26-23-20-17-14-11-8-5-2/h7-12,16-21,25-30,34-37,40-43,50,52,62,67,73,76,82,85,98-100,104-105H,4-6,13-15,22-24,31-33,38-39,44-49,51,53-61,63-66,68-72,74-75,77-81,83-84,86-97H2,1-3H3,(H,109,110)(H,111,112)/b10-7-,11-8-,12-9-,19-16-,20-17-,21-18-,28-25-,29-26-,30-27-,36-34-,37-35-,42-40-,43-41-,52-50-,67-62-,76-73-,85-82-. The maximum Gasteiger partial charge on any atom is 0.472 e. The van der Waals surface area contributed by atoms with Crippen LogP contribution in [0.5, 0.6) is 0 Å². The smallest absolute Gasteiger partial charge is 0.463 e. The van der Waals surface area contributed by atoms with E-state index in [1.54, 1.807) is 0 Å². The summed E-state index contributed by atoms with van der Waals surface area (Å²) in [6, 6.07) is 0. The van der Waals surface area contributed by atoms with E-state index in [2.05, 4.69) is 209 Å². The number of aliphatic hydroxyl groups excluding tert-OH is 2. The van der Waals surface area contributed by atoms with Gasteiger partial charge in [0.15, 0.2) is 6.10 Å². The van der Waals surface area contributed by atoms with Crippen LogP contribution in [-0.2, 0) is 55.8 Å². The summed E-state index contributed by atoms with van der Waals surface area (Å²) in [5, 5.41) is 20.7. The minimum atomic E-state index is -4.97. The number of unbranched alkanes of at least 4 members (excludes halogenated alkanes) is 31. The summed E-state index contributed by atoms with van der Waals surface area (Å²) >= 11 is 0. The van der Waals surface area contributed by atoms with Crippen LogP contribution in [0.2, 0.25) is 0 Å². The van der Waals surface area contributed by atoms with Gasteiger partial charge in [-0.2, -0.15) is 0 Å². The van der Waals surface area contributed by atoms with Gasteiger partial charge < -0.3 is 34.2 Å². The Morgan fingerprint density at radius 1 is 0.231 bits per heavy atom. The molecule has 0 fully saturated rings. The van der Waals surface area contributed by atoms with E-state index >= 15 is 0 Å². The average molecular weight is 1730 g/mol. The highest BCUT2D eigenvalue weighted by atomic mass is 31.2. The molecular formula is C103H170O16P2. The van der Waals surface area contributed by atoms with Gasteiger partial charge in [0.2, 0.25) is 0 Å². The van der Waals surface area contributed by atoms with Crippen molar-refractivity contribution in [2.24, 2.45) is 0 Å². The highest BCUT2D eigenvalue weighted by Gasteiger charge is 2.29. The van der Waals surface area contributed by atoms with Crippen molar-refractivity contribution >= 4 is 33.6 Å². The Balaban J connectivity index is 4.55. The molecule has 0 aliphatic heterocycles. The highest BCUT2D eigenvalue weighted by molar-refractivity contribution is 7.47. The number of ether oxygens (including phenoxy) is 3. The summed E-state index contributed by atoms with van der Waals surface area (Å²) in [4.78, 5) is 59.0. The van der Waals surface area contributed by atoms with Gasteiger partial charge in [0.05, 0.1) is 26.4 Å². The second-order valence-electron chi connectivity index (χ2n) is 31.0. The fourth-order valence-corrected chi connectivity index (χ4v) is 14.0. The molecule has 0 saturated heterocycles. The summed E-state index contributed by atoms with van der Waals surface area (Å²) in [7, 11) is -9.84. The zero-order valence-corrected chi connectivity index (χ0v) is 77.7. The number of allylic oxidation sites excluding steroid dienone is 34. The molecule has 16 nitrogen and oxygen atoms in total. The van der Waals surface area contributed by atoms with Crippen molar-refractivity contribution in [1.82, 2.24) is 0 Å². The van der Waals surface area contributed by atoms with Gasteiger partial charge in [-0.15, -0.1) is 0 Å². The third kappa shape index (κ3) is 94.6. The van der Waals surface area contributed by atoms with Crippen molar-refractivity contribution in [2.45, 2.75) is 386 Å². The van der Waals surface area contributed by atoms with Gasteiger partial charge in [-0.25, -0.2) is 9.13 Å². The van der Waals surface area contributed by atoms with E-state index in [1.807, 2.05) is 18.2 Å². The molecule has 18 heteroatoms. The van der Waals surface area contributed by atoms with E-state index in [0.29, 0.717) is 25.7 Å². The maximum absolute atomic E-state index is 13.0. The molecule has 0 amide bonds. The first-order valence-corrected chi connectivity index (χ1v) is 50.4. The minimum Gasteiger partial charge on any atom is -0.463 e. The molecule has 0 spiro atoms. The normalized spacial score (nSPS) is 14.7. The van der Waals surface area contributed by atoms with Crippen molar-refractivity contribution in [2.75, 3.05) is 39.6 Å². The third-order valence-electron chi connectivity index (χ3n) is 19.5. The maximum atomic E-state index is 13.0. The summed E-state index contributed by atoms with van der Waals surface area (Å²) < 4.78 is 61.4. The van der Waals surface area contributed by atoms with Crippen LogP contribution in [0.25, 0.3) is 0 Å². The van der Waals surface area contributed by atoms with E-state index in [-0.39, 0.29) is 19.3 Å². The Bertz CT molecular complexity index is 3030. The quantitative estimate of drug-likeness (QED) is 0.0146. The molecule has 0 aliphatic rings. The first kappa shape index (κ1) is 115. The van der Waals surface area contributed by atoms with Gasteiger partial charge in [0, 0.05) is 19.3 Å². The second-order valence-corrected chi connectivity index (χ2v) is 33.9. The van der Waals surface area contributed by atoms with Crippen LogP contribution in [-0.4, -0.2) is 95.9 Å². The van der Waals surface area contributed by atoms with Gasteiger partial charge >= 0.3 is 33.6 Å². The SMILES string of the molecule is CC/C=C\C/C=C\C/C=C\C/C=C\C/C=C\C/C=C\CCCCCCCCCCCCCCC(=O)OCC(COP(=O)(O)OCC(O)COP(=O)(O)OCC(O)COC(=O)CCCCCCCCCCCCCCCCCCCCC/C=C\C/C=C\C/C=C\C/C=C\C/C=C\CC)OC(=O)CC/C=C\C/C=C\C/C=C\C/C=C\C/C=C\C/C=C\CC. The number of esters is 3. The van der Waals surface area contributed by atoms with Crippen molar-refractivity contribution < 1.29 is 75.8 Å². The molecule has 0 heterocycles. The third-order valence-corrected chi connectivity index (χ3v) is 21.4. The molecule has 0 radical (unpaired) electrons. The minimum absolute atomic E-state index is 0.0270. The largest absolute Gasteiger partial charge is 0.472 e. The summed E-state index contributed by atoms with van der Waals surface area (Å²) in [5.41, 5.74) is 0. The van der Waals surface area contributed by atoms with Crippen LogP contribution in [0.4, 0.5) is 0 Å². The van der Waals surface area contributed by atoms with Crippen LogP contribution in [0.15, 0.2) is 207 Å². The lowest BCUT2D eigenvalue weighted by Gasteiger charge is -2.21. The van der Waals surface area contributed by atoms with Gasteiger partial charge in [0.25, 0.3) is 0 Å². The molecule has 0 rings (SSSR count). The number of phosphoric ester groups is 2. The fraction of sp³-hybridized carbons (Fsp3) is 0.641. The van der Waals surface area contributed by atoms with Gasteiger partial charge in [0.1, 0.15) is 25.4 Å². The van der Waals surface area contributed by atoms with Crippen molar-refractivity contribution in [3.8, 4) is 0 Å². The molecule has 0 saturated carbocycles. The molecule has 0 bridgehead atoms. The van der Waals surface area contributed by atoms with Crippen LogP contribution in [0, 0.1) is 0 Å². The second kappa shape index (κ2) is 93.3. The molecule has 0 aromatic heterocycles. The van der Waals surface area contributed by atoms with E-state index in [1.165, 1.54) is 148 Å². The molecular weight excluding hydrogens is 1560 g/mol. The molecule has 0 aromatic carbocycles. The predicted octanol–water partition coefficient (Wildman–Crippen LogP) is 29.6. The number of carbonyl (C=O) groups excluding carboxylic acids is 3. The topological polar surface area (TPSA) is 231 Å². The Labute approximate surface area is 737 Å². The van der Waals surface area contributed by atoms with E-state index < -0.39 is 91.5 Å². The summed E-state index contributed by atoms with van der Waals surface area (Å²) in [6.07, 6.45) is 126. The Kier molecular flexibility index (Phi) is 88.8. The van der Waals surface area contributed by atoms with Crippen molar-refractivity contribution in [3.63, 3.8) is 0 Å². The zero-order chi connectivity index (χ0) is 87.9. The van der Waals surface area contributed by atoms with E-state index in [4.69, 9.17) is 32.3 Å². The number of phosphoric acid groups is 2. The zero-order valence-electron chi connectivity index (χ0n) is 75.9. The molecule has 0 aliphatic carbocycles. The van der Waals surface area contributed by atoms with Gasteiger partial charge in [-0.3, -0.25) is 32.5 Å². The fourth-order valence-electron chi connectivity index (χ4n) is 12.5. The monoisotopic (exact) mass is 1730 g/mol. The van der Waals surface area contributed by atoms with Crippen LogP contribution in [0.3, 0.4) is 0 Å². The van der Waals surface area contributed by atoms with Crippen LogP contribution >= 0.6 is 15.6 Å². The average Bonchev–Trinajstić information content (AvgIpc) is 0.900. The summed E-state index contributed by atoms with van der Waals surface area (Å²) in [5.74, 6) is -1.68. The Morgan fingerprint density at radius 2 is 0.430 bits per heavy atom. The van der Waals surface area contributed by atoms with E-state index in [0.717, 1.165) is 154 Å². The lowest BCUT2D eigenvalue weighted by Crippen LogP contribution is -2.29. The van der Waals surface area contributed by atoms with Crippen molar-refractivity contribution in [3.05, 3.63) is 207 Å². The molecule has 0 aromatic rings. The predicted molar refractivity (Wildman–Crippen MR) is 509 cm³/mol. The van der Waals surface area contributed by atoms with Gasteiger partial charge in [-0.05, 0) is 154 Å². The number of hydrogen-bond acceptors (Lipinski definition) is 14. The highest BCUT2D eigenvalue weighted by Crippen LogP contribution is 2.45. The lowest BCUT2D eigenvalue weighted by atomic mass is 10.0.